The lowest BCUT2D eigenvalue weighted by molar-refractivity contribution is 0.475. The zero-order valence-corrected chi connectivity index (χ0v) is 11.4. The minimum Gasteiger partial charge on any atom is -0.508 e. The van der Waals surface area contributed by atoms with E-state index in [0.29, 0.717) is 16.5 Å². The standard InChI is InChI=1S/C14H11ClN4O/c1-9-14(18-17-11-2-4-12(20)5-3-11)19-7-6-10(15)8-13(19)16-9/h2-8,20H,1H3. The number of rotatable bonds is 2. The molecule has 0 spiro atoms. The fourth-order valence-electron chi connectivity index (χ4n) is 1.87. The van der Waals surface area contributed by atoms with Gasteiger partial charge in [-0.25, -0.2) is 4.98 Å². The first-order valence-corrected chi connectivity index (χ1v) is 6.36. The van der Waals surface area contributed by atoms with Gasteiger partial charge in [-0.05, 0) is 37.3 Å². The Hall–Kier alpha value is -2.40. The molecular formula is C14H11ClN4O. The molecule has 0 saturated carbocycles. The number of hydrogen-bond donors (Lipinski definition) is 1. The third-order valence-corrected chi connectivity index (χ3v) is 3.08. The van der Waals surface area contributed by atoms with E-state index in [2.05, 4.69) is 15.2 Å². The van der Waals surface area contributed by atoms with Crippen LogP contribution in [-0.4, -0.2) is 14.5 Å². The Morgan fingerprint density at radius 1 is 1.15 bits per heavy atom. The van der Waals surface area contributed by atoms with E-state index in [9.17, 15) is 5.11 Å². The van der Waals surface area contributed by atoms with Gasteiger partial charge in [0, 0.05) is 17.3 Å². The number of nitrogens with zero attached hydrogens (tertiary/aromatic N) is 4. The van der Waals surface area contributed by atoms with Crippen LogP contribution in [-0.2, 0) is 0 Å². The van der Waals surface area contributed by atoms with Crippen molar-refractivity contribution in [2.24, 2.45) is 10.2 Å². The van der Waals surface area contributed by atoms with Crippen molar-refractivity contribution in [3.8, 4) is 5.75 Å². The molecule has 0 atom stereocenters. The van der Waals surface area contributed by atoms with E-state index in [-0.39, 0.29) is 5.75 Å². The molecule has 0 fully saturated rings. The summed E-state index contributed by atoms with van der Waals surface area (Å²) < 4.78 is 1.82. The smallest absolute Gasteiger partial charge is 0.182 e. The number of imidazole rings is 1. The first kappa shape index (κ1) is 12.6. The minimum absolute atomic E-state index is 0.199. The molecule has 100 valence electrons. The van der Waals surface area contributed by atoms with Gasteiger partial charge >= 0.3 is 0 Å². The maximum atomic E-state index is 9.22. The van der Waals surface area contributed by atoms with Crippen LogP contribution in [0.2, 0.25) is 5.02 Å². The summed E-state index contributed by atoms with van der Waals surface area (Å²) in [4.78, 5) is 4.39. The fourth-order valence-corrected chi connectivity index (χ4v) is 2.02. The number of benzene rings is 1. The second kappa shape index (κ2) is 4.94. The summed E-state index contributed by atoms with van der Waals surface area (Å²) >= 11 is 5.94. The number of halogens is 1. The zero-order chi connectivity index (χ0) is 14.1. The number of aryl methyl sites for hydroxylation is 1. The topological polar surface area (TPSA) is 62.2 Å². The molecule has 1 aromatic carbocycles. The molecule has 3 rings (SSSR count). The monoisotopic (exact) mass is 286 g/mol. The normalized spacial score (nSPS) is 11.5. The van der Waals surface area contributed by atoms with Gasteiger partial charge in [0.25, 0.3) is 0 Å². The Morgan fingerprint density at radius 2 is 1.90 bits per heavy atom. The van der Waals surface area contributed by atoms with E-state index in [0.717, 1.165) is 11.3 Å². The van der Waals surface area contributed by atoms with Gasteiger partial charge in [0.15, 0.2) is 5.82 Å². The molecule has 0 saturated heterocycles. The van der Waals surface area contributed by atoms with Gasteiger partial charge in [0.05, 0.1) is 11.4 Å². The number of pyridine rings is 1. The number of aromatic nitrogens is 2. The van der Waals surface area contributed by atoms with Crippen molar-refractivity contribution in [1.29, 1.82) is 0 Å². The highest BCUT2D eigenvalue weighted by Crippen LogP contribution is 2.25. The molecule has 1 N–H and O–H groups in total. The molecule has 2 heterocycles. The third-order valence-electron chi connectivity index (χ3n) is 2.84. The van der Waals surface area contributed by atoms with Gasteiger partial charge in [0.1, 0.15) is 11.4 Å². The van der Waals surface area contributed by atoms with Crippen LogP contribution in [0, 0.1) is 6.92 Å². The van der Waals surface area contributed by atoms with Gasteiger partial charge in [-0.2, -0.15) is 0 Å². The van der Waals surface area contributed by atoms with Crippen molar-refractivity contribution in [2.45, 2.75) is 6.92 Å². The average molecular weight is 287 g/mol. The van der Waals surface area contributed by atoms with Crippen LogP contribution >= 0.6 is 11.6 Å². The molecular weight excluding hydrogens is 276 g/mol. The predicted molar refractivity (Wildman–Crippen MR) is 77.2 cm³/mol. The van der Waals surface area contributed by atoms with Gasteiger partial charge in [-0.15, -0.1) is 10.2 Å². The molecule has 0 aliphatic heterocycles. The Kier molecular flexibility index (Phi) is 3.12. The summed E-state index contributed by atoms with van der Waals surface area (Å²) in [6, 6.07) is 10.1. The van der Waals surface area contributed by atoms with Crippen LogP contribution in [0.3, 0.4) is 0 Å². The summed E-state index contributed by atoms with van der Waals surface area (Å²) in [5.41, 5.74) is 2.16. The number of phenolic OH excluding ortho intramolecular Hbond substituents is 1. The molecule has 0 aliphatic rings. The Bertz CT molecular complexity index is 793. The highest BCUT2D eigenvalue weighted by Gasteiger charge is 2.08. The van der Waals surface area contributed by atoms with Crippen LogP contribution in [0.5, 0.6) is 5.75 Å². The van der Waals surface area contributed by atoms with Crippen molar-refractivity contribution in [3.63, 3.8) is 0 Å². The second-order valence-corrected chi connectivity index (χ2v) is 4.75. The number of fused-ring (bicyclic) bond motifs is 1. The van der Waals surface area contributed by atoms with Crippen molar-refractivity contribution < 1.29 is 5.11 Å². The Balaban J connectivity index is 2.02. The predicted octanol–water partition coefficient (Wildman–Crippen LogP) is 4.42. The van der Waals surface area contributed by atoms with Crippen molar-refractivity contribution in [1.82, 2.24) is 9.38 Å². The lowest BCUT2D eigenvalue weighted by Crippen LogP contribution is -1.82. The molecule has 0 unspecified atom stereocenters. The van der Waals surface area contributed by atoms with E-state index in [1.54, 1.807) is 36.4 Å². The molecule has 2 aromatic heterocycles. The molecule has 0 radical (unpaired) electrons. The lowest BCUT2D eigenvalue weighted by atomic mass is 10.3. The molecule has 6 heteroatoms. The summed E-state index contributed by atoms with van der Waals surface area (Å²) in [5.74, 6) is 0.856. The zero-order valence-electron chi connectivity index (χ0n) is 10.7. The summed E-state index contributed by atoms with van der Waals surface area (Å²) in [5, 5.41) is 18.2. The lowest BCUT2D eigenvalue weighted by Gasteiger charge is -1.97. The summed E-state index contributed by atoms with van der Waals surface area (Å²) in [6.07, 6.45) is 1.81. The number of aromatic hydroxyl groups is 1. The molecule has 3 aromatic rings. The van der Waals surface area contributed by atoms with E-state index in [1.807, 2.05) is 17.5 Å². The largest absolute Gasteiger partial charge is 0.508 e. The quantitative estimate of drug-likeness (QED) is 0.709. The van der Waals surface area contributed by atoms with Crippen LogP contribution < -0.4 is 0 Å². The Labute approximate surface area is 120 Å². The Morgan fingerprint density at radius 3 is 2.65 bits per heavy atom. The fraction of sp³-hybridized carbons (Fsp3) is 0.0714. The molecule has 5 nitrogen and oxygen atoms in total. The van der Waals surface area contributed by atoms with Crippen molar-refractivity contribution in [2.75, 3.05) is 0 Å². The van der Waals surface area contributed by atoms with Crippen LogP contribution in [0.15, 0.2) is 52.8 Å². The molecule has 0 amide bonds. The highest BCUT2D eigenvalue weighted by molar-refractivity contribution is 6.30. The molecule has 0 aliphatic carbocycles. The molecule has 20 heavy (non-hydrogen) atoms. The minimum atomic E-state index is 0.199. The van der Waals surface area contributed by atoms with E-state index < -0.39 is 0 Å². The number of hydrogen-bond acceptors (Lipinski definition) is 4. The SMILES string of the molecule is Cc1nc2cc(Cl)ccn2c1N=Nc1ccc(O)cc1. The first-order valence-electron chi connectivity index (χ1n) is 5.98. The van der Waals surface area contributed by atoms with Crippen molar-refractivity contribution in [3.05, 3.63) is 53.3 Å². The average Bonchev–Trinajstić information content (AvgIpc) is 2.73. The van der Waals surface area contributed by atoms with Gasteiger partial charge in [0.2, 0.25) is 0 Å². The van der Waals surface area contributed by atoms with E-state index in [1.165, 1.54) is 0 Å². The van der Waals surface area contributed by atoms with Gasteiger partial charge in [-0.3, -0.25) is 4.40 Å². The summed E-state index contributed by atoms with van der Waals surface area (Å²) in [7, 11) is 0. The molecule has 0 bridgehead atoms. The second-order valence-electron chi connectivity index (χ2n) is 4.31. The summed E-state index contributed by atoms with van der Waals surface area (Å²) in [6.45, 7) is 1.87. The van der Waals surface area contributed by atoms with Gasteiger partial charge in [-0.1, -0.05) is 11.6 Å². The highest BCUT2D eigenvalue weighted by atomic mass is 35.5. The maximum absolute atomic E-state index is 9.22. The maximum Gasteiger partial charge on any atom is 0.182 e. The van der Waals surface area contributed by atoms with Crippen LogP contribution in [0.1, 0.15) is 5.69 Å². The van der Waals surface area contributed by atoms with Crippen molar-refractivity contribution >= 4 is 28.8 Å². The van der Waals surface area contributed by atoms with Crippen LogP contribution in [0.25, 0.3) is 5.65 Å². The van der Waals surface area contributed by atoms with Crippen LogP contribution in [0.4, 0.5) is 11.5 Å². The van der Waals surface area contributed by atoms with Gasteiger partial charge < -0.3 is 5.11 Å². The van der Waals surface area contributed by atoms with E-state index in [4.69, 9.17) is 11.6 Å². The first-order chi connectivity index (χ1) is 9.63. The third kappa shape index (κ3) is 2.35. The number of phenols is 1. The number of azo groups is 1. The van der Waals surface area contributed by atoms with E-state index >= 15 is 0 Å².